The van der Waals surface area contributed by atoms with Gasteiger partial charge in [0.05, 0.1) is 78.6 Å². The summed E-state index contributed by atoms with van der Waals surface area (Å²) in [4.78, 5) is 104. The SMILES string of the molecule is O=C(O[C@@H]1[C@@H](OC(=O)c2ccccc2)[C@H](OC[C@H]2O[C@@H](OCc3ccccc3C(=O)OCc3ccccc3)[C@H](OC(=O)c3ccccc3)[C@@H](OC(=O)c3ccccc3)[C@@H]2OC(=O)c2ccccc2)O[C@H](CO[C@@H]2O[C@@H]3CO[C@@H](c4ccccc4)O[C@H]3[C@H](OCc3ccccc3)[C@@H]2OCc2ccccc2)[C@H]1OC(=O)c1ccccc1)c1ccccc1. The lowest BCUT2D eigenvalue weighted by Gasteiger charge is -2.49. The summed E-state index contributed by atoms with van der Waals surface area (Å²) in [6.07, 6.45) is -24.9. The first-order valence-electron chi connectivity index (χ1n) is 39.2. The van der Waals surface area contributed by atoms with E-state index in [1.807, 2.05) is 109 Å². The van der Waals surface area contributed by atoms with Crippen LogP contribution in [0.4, 0.5) is 0 Å². The number of fused-ring (bicyclic) bond motifs is 1. The summed E-state index contributed by atoms with van der Waals surface area (Å²) in [5, 5.41) is 0. The van der Waals surface area contributed by atoms with Gasteiger partial charge >= 0.3 is 41.8 Å². The number of carbonyl (C=O) groups excluding carboxylic acids is 7. The minimum atomic E-state index is -2.01. The van der Waals surface area contributed by atoms with Crippen LogP contribution in [-0.4, -0.2) is 154 Å². The lowest BCUT2D eigenvalue weighted by molar-refractivity contribution is -0.378. The molecule has 16 atom stereocenters. The quantitative estimate of drug-likeness (QED) is 0.0288. The fraction of sp³-hybridized carbons (Fsp3) is 0.240. The van der Waals surface area contributed by atoms with Gasteiger partial charge in [0.1, 0.15) is 43.2 Å². The van der Waals surface area contributed by atoms with E-state index < -0.39 is 160 Å². The first-order valence-corrected chi connectivity index (χ1v) is 39.2. The fourth-order valence-electron chi connectivity index (χ4n) is 14.2. The Labute approximate surface area is 691 Å². The zero-order valence-electron chi connectivity index (χ0n) is 64.7. The van der Waals surface area contributed by atoms with Gasteiger partial charge in [0.15, 0.2) is 61.8 Å². The molecular weight excluding hydrogens is 1540 g/mol. The highest BCUT2D eigenvalue weighted by molar-refractivity contribution is 5.93. The maximum atomic E-state index is 15.2. The van der Waals surface area contributed by atoms with Crippen LogP contribution in [0.3, 0.4) is 0 Å². The van der Waals surface area contributed by atoms with Crippen molar-refractivity contribution in [3.05, 3.63) is 394 Å². The van der Waals surface area contributed by atoms with E-state index in [0.717, 1.165) is 22.3 Å². The van der Waals surface area contributed by atoms with Crippen molar-refractivity contribution in [2.24, 2.45) is 0 Å². The first kappa shape index (κ1) is 82.4. The summed E-state index contributed by atoms with van der Waals surface area (Å²) in [6.45, 7) is -2.02. The molecule has 4 heterocycles. The van der Waals surface area contributed by atoms with Crippen molar-refractivity contribution in [3.63, 3.8) is 0 Å². The standard InChI is InChI=1S/C96H84O24/c97-86(65-39-17-4-18-40-65)114-78-75(60-109-94-83(105-56-63-35-13-2-14-36-63)80(104-55-62-33-11-1-12-34-62)77-74(111-94)59-108-93(120-77)71-51-29-10-30-52-71)113-96(85(119-91(102)70-49-27-9-28-50-70)82(78)117-89(100)68-45-23-7-24-46-68)110-61-76-79(115-87(98)66-41-19-5-20-42-66)81(116-88(99)67-43-21-6-22-44-67)84(118-90(101)69-47-25-8-26-48-69)95(112-76)107-58-72-53-31-32-54-73(72)92(103)106-57-64-37-15-3-16-38-64/h1-54,74-85,93-96H,55-61H2/t74-,75-,76-,77-,78-,79-,80+,81+,82+,83+,84-,85-,93-,94-,95-,96-/m1/s1. The largest absolute Gasteiger partial charge is 0.457 e. The average molecular weight is 1620 g/mol. The summed E-state index contributed by atoms with van der Waals surface area (Å²) in [5.41, 5.74) is 3.55. The number of hydrogen-bond donors (Lipinski definition) is 0. The Kier molecular flexibility index (Phi) is 27.9. The van der Waals surface area contributed by atoms with E-state index in [4.69, 9.17) is 80.5 Å². The fourth-order valence-corrected chi connectivity index (χ4v) is 14.2. The van der Waals surface area contributed by atoms with E-state index in [0.29, 0.717) is 0 Å². The van der Waals surface area contributed by atoms with Crippen molar-refractivity contribution in [2.45, 2.75) is 125 Å². The van der Waals surface area contributed by atoms with Crippen LogP contribution >= 0.6 is 0 Å². The van der Waals surface area contributed by atoms with Crippen LogP contribution in [0.25, 0.3) is 0 Å². The van der Waals surface area contributed by atoms with Crippen molar-refractivity contribution in [1.29, 1.82) is 0 Å². The van der Waals surface area contributed by atoms with Crippen molar-refractivity contribution in [3.8, 4) is 0 Å². The lowest BCUT2D eigenvalue weighted by atomic mass is 9.96. The molecule has 0 amide bonds. The van der Waals surface area contributed by atoms with E-state index >= 15 is 24.0 Å². The highest BCUT2D eigenvalue weighted by atomic mass is 16.8. The summed E-state index contributed by atoms with van der Waals surface area (Å²) in [6, 6.07) is 91.1. The molecule has 120 heavy (non-hydrogen) atoms. The first-order chi connectivity index (χ1) is 58.9. The zero-order valence-corrected chi connectivity index (χ0v) is 64.7. The Morgan fingerprint density at radius 2 is 0.583 bits per heavy atom. The monoisotopic (exact) mass is 1620 g/mol. The second-order valence-corrected chi connectivity index (χ2v) is 28.4. The van der Waals surface area contributed by atoms with Gasteiger partial charge in [-0.1, -0.05) is 249 Å². The third kappa shape index (κ3) is 21.1. The molecule has 0 N–H and O–H groups in total. The number of ether oxygens (including phenoxy) is 17. The van der Waals surface area contributed by atoms with E-state index in [1.165, 1.54) is 78.9 Å². The molecule has 0 unspecified atom stereocenters. The predicted octanol–water partition coefficient (Wildman–Crippen LogP) is 14.4. The topological polar surface area (TPSA) is 276 Å². The van der Waals surface area contributed by atoms with Crippen LogP contribution < -0.4 is 0 Å². The van der Waals surface area contributed by atoms with Crippen LogP contribution in [0.1, 0.15) is 107 Å². The zero-order chi connectivity index (χ0) is 82.4. The van der Waals surface area contributed by atoms with Crippen molar-refractivity contribution in [2.75, 3.05) is 19.8 Å². The van der Waals surface area contributed by atoms with Crippen molar-refractivity contribution >= 4 is 41.8 Å². The van der Waals surface area contributed by atoms with E-state index in [2.05, 4.69) is 0 Å². The van der Waals surface area contributed by atoms with Crippen LogP contribution in [0, 0.1) is 0 Å². The second-order valence-electron chi connectivity index (χ2n) is 28.4. The molecule has 4 saturated heterocycles. The molecule has 11 aromatic rings. The predicted molar refractivity (Wildman–Crippen MR) is 429 cm³/mol. The Morgan fingerprint density at radius 1 is 0.267 bits per heavy atom. The third-order valence-electron chi connectivity index (χ3n) is 20.3. The lowest BCUT2D eigenvalue weighted by Crippen LogP contribution is -2.66. The number of benzene rings is 11. The number of hydrogen-bond acceptors (Lipinski definition) is 24. The summed E-state index contributed by atoms with van der Waals surface area (Å²) in [7, 11) is 0. The van der Waals surface area contributed by atoms with Crippen molar-refractivity contribution in [1.82, 2.24) is 0 Å². The van der Waals surface area contributed by atoms with Gasteiger partial charge in [-0.2, -0.15) is 0 Å². The molecule has 4 fully saturated rings. The van der Waals surface area contributed by atoms with Crippen LogP contribution in [0.2, 0.25) is 0 Å². The molecule has 4 aliphatic heterocycles. The van der Waals surface area contributed by atoms with Crippen molar-refractivity contribution < 1.29 is 114 Å². The number of esters is 7. The molecule has 0 aromatic heterocycles. The highest BCUT2D eigenvalue weighted by Crippen LogP contribution is 2.41. The Morgan fingerprint density at radius 3 is 0.983 bits per heavy atom. The molecular formula is C96H84O24. The van der Waals surface area contributed by atoms with Gasteiger partial charge in [0.25, 0.3) is 0 Å². The van der Waals surface area contributed by atoms with Gasteiger partial charge in [0, 0.05) is 5.56 Å². The Balaban J connectivity index is 0.842. The summed E-state index contributed by atoms with van der Waals surface area (Å²) >= 11 is 0. The maximum Gasteiger partial charge on any atom is 0.338 e. The molecule has 24 heteroatoms. The van der Waals surface area contributed by atoms with E-state index in [-0.39, 0.29) is 70.9 Å². The van der Waals surface area contributed by atoms with Gasteiger partial charge in [-0.25, -0.2) is 33.6 Å². The molecule has 0 aliphatic carbocycles. The van der Waals surface area contributed by atoms with Gasteiger partial charge in [-0.3, -0.25) is 0 Å². The molecule has 612 valence electrons. The van der Waals surface area contributed by atoms with Crippen LogP contribution in [0.15, 0.2) is 328 Å². The normalized spacial score (nSPS) is 23.7. The van der Waals surface area contributed by atoms with Gasteiger partial charge < -0.3 is 80.5 Å². The molecule has 15 rings (SSSR count). The number of carbonyl (C=O) groups is 7. The third-order valence-corrected chi connectivity index (χ3v) is 20.3. The Bertz CT molecular complexity index is 5150. The second kappa shape index (κ2) is 40.6. The Hall–Kier alpha value is -12.7. The minimum absolute atomic E-state index is 0.00505. The van der Waals surface area contributed by atoms with Crippen LogP contribution in [-0.2, 0) is 107 Å². The summed E-state index contributed by atoms with van der Waals surface area (Å²) in [5.74, 6) is -6.59. The molecule has 0 radical (unpaired) electrons. The molecule has 11 aromatic carbocycles. The van der Waals surface area contributed by atoms with Gasteiger partial charge in [-0.05, 0) is 101 Å². The average Bonchev–Trinajstić information content (AvgIpc) is 0.769. The van der Waals surface area contributed by atoms with Gasteiger partial charge in [0.2, 0.25) is 0 Å². The molecule has 24 nitrogen and oxygen atoms in total. The molecule has 0 spiro atoms. The number of rotatable bonds is 31. The smallest absolute Gasteiger partial charge is 0.338 e. The van der Waals surface area contributed by atoms with E-state index in [9.17, 15) is 9.59 Å². The summed E-state index contributed by atoms with van der Waals surface area (Å²) < 4.78 is 114. The highest BCUT2D eigenvalue weighted by Gasteiger charge is 2.58. The molecule has 0 saturated carbocycles. The van der Waals surface area contributed by atoms with Gasteiger partial charge in [-0.15, -0.1) is 0 Å². The molecule has 4 aliphatic rings. The maximum absolute atomic E-state index is 15.2. The van der Waals surface area contributed by atoms with E-state index in [1.54, 1.807) is 140 Å². The molecule has 0 bridgehead atoms. The van der Waals surface area contributed by atoms with Crippen LogP contribution in [0.5, 0.6) is 0 Å². The minimum Gasteiger partial charge on any atom is -0.457 e.